The van der Waals surface area contributed by atoms with E-state index < -0.39 is 16.1 Å². The maximum atomic E-state index is 12.9. The summed E-state index contributed by atoms with van der Waals surface area (Å²) in [5.41, 5.74) is 1.47. The molecule has 0 unspecified atom stereocenters. The van der Waals surface area contributed by atoms with E-state index in [0.717, 1.165) is 15.2 Å². The lowest BCUT2D eigenvalue weighted by molar-refractivity contribution is -0.123. The van der Waals surface area contributed by atoms with Crippen LogP contribution in [0.1, 0.15) is 31.0 Å². The molecule has 0 bridgehead atoms. The van der Waals surface area contributed by atoms with Crippen LogP contribution < -0.4 is 10.0 Å². The third-order valence-corrected chi connectivity index (χ3v) is 6.67. The number of sulfonamides is 1. The minimum Gasteiger partial charge on any atom is -0.349 e. The van der Waals surface area contributed by atoms with Crippen molar-refractivity contribution in [2.24, 2.45) is 5.92 Å². The maximum Gasteiger partial charge on any atom is 0.241 e. The van der Waals surface area contributed by atoms with Crippen LogP contribution in [0.15, 0.2) is 47.5 Å². The highest BCUT2D eigenvalue weighted by molar-refractivity contribution is 7.89. The highest BCUT2D eigenvalue weighted by atomic mass is 32.2. The van der Waals surface area contributed by atoms with Gasteiger partial charge in [-0.1, -0.05) is 19.9 Å². The molecule has 0 radical (unpaired) electrons. The molecule has 0 saturated heterocycles. The first-order valence-electron chi connectivity index (χ1n) is 9.32. The van der Waals surface area contributed by atoms with Gasteiger partial charge in [-0.05, 0) is 49.6 Å². The number of nitrogens with zero attached hydrogens (tertiary/aromatic N) is 2. The van der Waals surface area contributed by atoms with Gasteiger partial charge in [0.1, 0.15) is 6.04 Å². The smallest absolute Gasteiger partial charge is 0.241 e. The average molecular weight is 433 g/mol. The molecule has 2 heterocycles. The normalized spacial score (nSPS) is 13.0. The molecular weight excluding hydrogens is 408 g/mol. The first kappa shape index (κ1) is 21.4. The lowest BCUT2D eigenvalue weighted by Crippen LogP contribution is -2.47. The molecule has 3 aromatic rings. The predicted molar refractivity (Wildman–Crippen MR) is 114 cm³/mol. The van der Waals surface area contributed by atoms with Gasteiger partial charge in [-0.25, -0.2) is 13.4 Å². The number of fused-ring (bicyclic) bond motifs is 1. The van der Waals surface area contributed by atoms with Crippen molar-refractivity contribution >= 4 is 37.5 Å². The second-order valence-electron chi connectivity index (χ2n) is 7.20. The number of amides is 1. The SMILES string of the molecule is Cc1nc2ccc(S(=O)(=O)N[C@H](CC(C)C)C(=O)NCc3ccccn3)cc2s1. The van der Waals surface area contributed by atoms with Crippen LogP contribution in [-0.2, 0) is 21.4 Å². The molecular formula is C20H24N4O3S2. The standard InChI is InChI=1S/C20H24N4O3S2/c1-13(2)10-18(20(25)22-12-15-6-4-5-9-21-15)24-29(26,27)16-7-8-17-19(11-16)28-14(3)23-17/h4-9,11,13,18,24H,10,12H2,1-3H3,(H,22,25)/t18-/m1/s1. The quantitative estimate of drug-likeness (QED) is 0.570. The van der Waals surface area contributed by atoms with Crippen LogP contribution in [0.4, 0.5) is 0 Å². The van der Waals surface area contributed by atoms with Crippen molar-refractivity contribution in [3.05, 3.63) is 53.3 Å². The maximum absolute atomic E-state index is 12.9. The summed E-state index contributed by atoms with van der Waals surface area (Å²) in [5.74, 6) is -0.238. The van der Waals surface area contributed by atoms with Crippen LogP contribution in [0.3, 0.4) is 0 Å². The zero-order valence-electron chi connectivity index (χ0n) is 16.5. The summed E-state index contributed by atoms with van der Waals surface area (Å²) in [6, 6.07) is 9.35. The number of nitrogens with one attached hydrogen (secondary N) is 2. The number of aromatic nitrogens is 2. The second-order valence-corrected chi connectivity index (χ2v) is 10.2. The number of hydrogen-bond donors (Lipinski definition) is 2. The molecule has 3 rings (SSSR count). The van der Waals surface area contributed by atoms with Crippen molar-refractivity contribution in [3.63, 3.8) is 0 Å². The Bertz CT molecular complexity index is 1100. The third-order valence-electron chi connectivity index (χ3n) is 4.27. The molecule has 7 nitrogen and oxygen atoms in total. The number of carbonyl (C=O) groups excluding carboxylic acids is 1. The highest BCUT2D eigenvalue weighted by Crippen LogP contribution is 2.25. The molecule has 1 atom stereocenters. The van der Waals surface area contributed by atoms with Crippen molar-refractivity contribution in [3.8, 4) is 0 Å². The number of benzene rings is 1. The highest BCUT2D eigenvalue weighted by Gasteiger charge is 2.27. The monoisotopic (exact) mass is 432 g/mol. The fourth-order valence-corrected chi connectivity index (χ4v) is 5.10. The minimum atomic E-state index is -3.86. The van der Waals surface area contributed by atoms with E-state index in [1.54, 1.807) is 30.5 Å². The Morgan fingerprint density at radius 1 is 1.21 bits per heavy atom. The van der Waals surface area contributed by atoms with Gasteiger partial charge < -0.3 is 5.32 Å². The molecule has 154 valence electrons. The van der Waals surface area contributed by atoms with Gasteiger partial charge in [0.05, 0.1) is 32.4 Å². The molecule has 0 spiro atoms. The summed E-state index contributed by atoms with van der Waals surface area (Å²) in [7, 11) is -3.86. The Balaban J connectivity index is 1.77. The van der Waals surface area contributed by atoms with E-state index in [1.807, 2.05) is 26.8 Å². The van der Waals surface area contributed by atoms with Crippen LogP contribution >= 0.6 is 11.3 Å². The second kappa shape index (κ2) is 8.98. The van der Waals surface area contributed by atoms with Crippen LogP contribution in [0.2, 0.25) is 0 Å². The largest absolute Gasteiger partial charge is 0.349 e. The van der Waals surface area contributed by atoms with E-state index in [-0.39, 0.29) is 23.3 Å². The molecule has 0 aliphatic rings. The molecule has 2 N–H and O–H groups in total. The van der Waals surface area contributed by atoms with Gasteiger partial charge in [0, 0.05) is 6.20 Å². The average Bonchev–Trinajstić information content (AvgIpc) is 3.05. The van der Waals surface area contributed by atoms with E-state index in [9.17, 15) is 13.2 Å². The van der Waals surface area contributed by atoms with E-state index in [0.29, 0.717) is 12.1 Å². The Labute approximate surface area is 174 Å². The molecule has 0 fully saturated rings. The van der Waals surface area contributed by atoms with Gasteiger partial charge in [0.15, 0.2) is 0 Å². The van der Waals surface area contributed by atoms with Crippen LogP contribution in [-0.4, -0.2) is 30.3 Å². The van der Waals surface area contributed by atoms with Gasteiger partial charge in [-0.15, -0.1) is 11.3 Å². The number of thiazole rings is 1. The van der Waals surface area contributed by atoms with E-state index >= 15 is 0 Å². The van der Waals surface area contributed by atoms with Gasteiger partial charge in [0.2, 0.25) is 15.9 Å². The summed E-state index contributed by atoms with van der Waals surface area (Å²) < 4.78 is 29.2. The molecule has 9 heteroatoms. The summed E-state index contributed by atoms with van der Waals surface area (Å²) in [6.07, 6.45) is 2.03. The third kappa shape index (κ3) is 5.59. The Morgan fingerprint density at radius 2 is 2.00 bits per heavy atom. The van der Waals surface area contributed by atoms with Gasteiger partial charge in [-0.3, -0.25) is 9.78 Å². The van der Waals surface area contributed by atoms with E-state index in [2.05, 4.69) is 20.0 Å². The van der Waals surface area contributed by atoms with Crippen molar-refractivity contribution in [2.75, 3.05) is 0 Å². The number of carbonyl (C=O) groups is 1. The van der Waals surface area contributed by atoms with Crippen LogP contribution in [0, 0.1) is 12.8 Å². The molecule has 0 aliphatic heterocycles. The molecule has 2 aromatic heterocycles. The van der Waals surface area contributed by atoms with Crippen molar-refractivity contribution in [1.82, 2.24) is 20.0 Å². The lowest BCUT2D eigenvalue weighted by Gasteiger charge is -2.20. The minimum absolute atomic E-state index is 0.125. The molecule has 29 heavy (non-hydrogen) atoms. The van der Waals surface area contributed by atoms with E-state index in [1.165, 1.54) is 17.4 Å². The van der Waals surface area contributed by atoms with Crippen LogP contribution in [0.25, 0.3) is 10.2 Å². The molecule has 1 aromatic carbocycles. The number of hydrogen-bond acceptors (Lipinski definition) is 6. The van der Waals surface area contributed by atoms with Crippen molar-refractivity contribution in [2.45, 2.75) is 44.7 Å². The Morgan fingerprint density at radius 3 is 2.69 bits per heavy atom. The van der Waals surface area contributed by atoms with Gasteiger partial charge in [-0.2, -0.15) is 4.72 Å². The first-order chi connectivity index (χ1) is 13.7. The van der Waals surface area contributed by atoms with Crippen molar-refractivity contribution in [1.29, 1.82) is 0 Å². The first-order valence-corrected chi connectivity index (χ1v) is 11.6. The van der Waals surface area contributed by atoms with Crippen molar-refractivity contribution < 1.29 is 13.2 Å². The van der Waals surface area contributed by atoms with E-state index in [4.69, 9.17) is 0 Å². The summed E-state index contributed by atoms with van der Waals surface area (Å²) >= 11 is 1.43. The summed E-state index contributed by atoms with van der Waals surface area (Å²) in [4.78, 5) is 21.3. The lowest BCUT2D eigenvalue weighted by atomic mass is 10.0. The molecule has 0 saturated carbocycles. The van der Waals surface area contributed by atoms with Gasteiger partial charge >= 0.3 is 0 Å². The van der Waals surface area contributed by atoms with Crippen LogP contribution in [0.5, 0.6) is 0 Å². The van der Waals surface area contributed by atoms with Gasteiger partial charge in [0.25, 0.3) is 0 Å². The number of pyridine rings is 1. The topological polar surface area (TPSA) is 101 Å². The Kier molecular flexibility index (Phi) is 6.61. The molecule has 0 aliphatic carbocycles. The predicted octanol–water partition coefficient (Wildman–Crippen LogP) is 3.01. The fraction of sp³-hybridized carbons (Fsp3) is 0.350. The zero-order chi connectivity index (χ0) is 21.0. The summed E-state index contributed by atoms with van der Waals surface area (Å²) in [6.45, 7) is 6.00. The summed E-state index contributed by atoms with van der Waals surface area (Å²) in [5, 5.41) is 3.64. The number of rotatable bonds is 8. The zero-order valence-corrected chi connectivity index (χ0v) is 18.2. The Hall–Kier alpha value is -2.36. The molecule has 1 amide bonds. The number of aryl methyl sites for hydroxylation is 1. The fourth-order valence-electron chi connectivity index (χ4n) is 2.93.